The zero-order valence-electron chi connectivity index (χ0n) is 24.0. The third-order valence-electron chi connectivity index (χ3n) is 8.06. The Morgan fingerprint density at radius 1 is 1.00 bits per heavy atom. The normalized spacial score (nSPS) is 14.4. The van der Waals surface area contributed by atoms with E-state index in [0.717, 1.165) is 50.2 Å². The van der Waals surface area contributed by atoms with Crippen molar-refractivity contribution in [2.24, 2.45) is 18.4 Å². The van der Waals surface area contributed by atoms with Gasteiger partial charge in [-0.3, -0.25) is 9.59 Å². The molecule has 206 valence electrons. The number of carbonyl (C=O) groups excluding carboxylic acids is 1. The number of nitrogens with zero attached hydrogens (tertiary/aromatic N) is 3. The number of nitrogens with one attached hydrogen (secondary N) is 1. The first-order valence-electron chi connectivity index (χ1n) is 13.7. The van der Waals surface area contributed by atoms with Crippen LogP contribution in [0, 0.1) is 25.2 Å². The second kappa shape index (κ2) is 10.7. The summed E-state index contributed by atoms with van der Waals surface area (Å²) in [7, 11) is 3.21. The highest BCUT2D eigenvalue weighted by Gasteiger charge is 2.36. The predicted octanol–water partition coefficient (Wildman–Crippen LogP) is 6.37. The van der Waals surface area contributed by atoms with Crippen molar-refractivity contribution in [1.29, 1.82) is 0 Å². The van der Waals surface area contributed by atoms with Gasteiger partial charge in [0.1, 0.15) is 5.56 Å². The predicted molar refractivity (Wildman–Crippen MR) is 159 cm³/mol. The fourth-order valence-electron chi connectivity index (χ4n) is 6.05. The molecule has 1 aliphatic carbocycles. The Morgan fingerprint density at radius 2 is 1.68 bits per heavy atom. The number of methoxy groups -OCH3 is 1. The average molecular weight is 537 g/mol. The van der Waals surface area contributed by atoms with Crippen LogP contribution in [0.5, 0.6) is 5.88 Å². The van der Waals surface area contributed by atoms with Crippen molar-refractivity contribution in [1.82, 2.24) is 14.8 Å². The van der Waals surface area contributed by atoms with Crippen molar-refractivity contribution in [2.45, 2.75) is 47.0 Å². The smallest absolute Gasteiger partial charge is 0.279 e. The first-order valence-corrected chi connectivity index (χ1v) is 13.7. The first-order chi connectivity index (χ1) is 19.1. The number of amides is 1. The summed E-state index contributed by atoms with van der Waals surface area (Å²) in [6.07, 6.45) is 4.90. The Morgan fingerprint density at radius 3 is 2.38 bits per heavy atom. The van der Waals surface area contributed by atoms with Crippen LogP contribution in [0.2, 0.25) is 0 Å². The molecule has 0 radical (unpaired) electrons. The SMILES string of the molecule is COc1nc(-c2cccc(-c3cccc(NC(=O)c4ccnn(C)c4=O)c3C)c2C)ccc1CC1CC(C)(C)C1. The monoisotopic (exact) mass is 536 g/mol. The minimum atomic E-state index is -0.462. The zero-order chi connectivity index (χ0) is 28.6. The van der Waals surface area contributed by atoms with Crippen LogP contribution in [0.4, 0.5) is 5.69 Å². The maximum atomic E-state index is 12.9. The Kier molecular flexibility index (Phi) is 7.32. The minimum absolute atomic E-state index is 0.0463. The molecule has 2 heterocycles. The summed E-state index contributed by atoms with van der Waals surface area (Å²) < 4.78 is 6.88. The quantitative estimate of drug-likeness (QED) is 0.297. The highest BCUT2D eigenvalue weighted by atomic mass is 16.5. The number of benzene rings is 2. The van der Waals surface area contributed by atoms with Gasteiger partial charge in [-0.05, 0) is 84.9 Å². The van der Waals surface area contributed by atoms with Crippen LogP contribution in [0.1, 0.15) is 53.7 Å². The maximum absolute atomic E-state index is 12.9. The molecule has 1 aliphatic rings. The molecular formula is C33H36N4O3. The molecule has 2 aromatic heterocycles. The van der Waals surface area contributed by atoms with Gasteiger partial charge in [-0.1, -0.05) is 50.2 Å². The van der Waals surface area contributed by atoms with E-state index in [2.05, 4.69) is 55.5 Å². The lowest BCUT2D eigenvalue weighted by molar-refractivity contribution is 0.0963. The van der Waals surface area contributed by atoms with Crippen molar-refractivity contribution >= 4 is 11.6 Å². The molecule has 0 unspecified atom stereocenters. The van der Waals surface area contributed by atoms with Crippen molar-refractivity contribution in [2.75, 3.05) is 12.4 Å². The van der Waals surface area contributed by atoms with Crippen LogP contribution in [0.25, 0.3) is 22.4 Å². The van der Waals surface area contributed by atoms with Gasteiger partial charge in [0.25, 0.3) is 11.5 Å². The highest BCUT2D eigenvalue weighted by molar-refractivity contribution is 6.04. The molecule has 0 bridgehead atoms. The topological polar surface area (TPSA) is 86.1 Å². The Hall–Kier alpha value is -4.26. The molecule has 4 aromatic rings. The molecule has 0 saturated heterocycles. The van der Waals surface area contributed by atoms with Gasteiger partial charge in [0, 0.05) is 30.1 Å². The second-order valence-electron chi connectivity index (χ2n) is 11.6. The van der Waals surface area contributed by atoms with Gasteiger partial charge in [-0.15, -0.1) is 0 Å². The van der Waals surface area contributed by atoms with Crippen LogP contribution >= 0.6 is 0 Å². The van der Waals surface area contributed by atoms with Crippen molar-refractivity contribution in [3.05, 3.63) is 93.4 Å². The molecule has 1 N–H and O–H groups in total. The molecule has 0 spiro atoms. The molecule has 2 aromatic carbocycles. The molecular weight excluding hydrogens is 500 g/mol. The van der Waals surface area contributed by atoms with Gasteiger partial charge in [-0.25, -0.2) is 9.67 Å². The van der Waals surface area contributed by atoms with E-state index in [9.17, 15) is 9.59 Å². The van der Waals surface area contributed by atoms with Crippen molar-refractivity contribution in [3.8, 4) is 28.3 Å². The van der Waals surface area contributed by atoms with Crippen LogP contribution in [0.15, 0.2) is 65.6 Å². The van der Waals surface area contributed by atoms with Gasteiger partial charge in [0.05, 0.1) is 12.8 Å². The summed E-state index contributed by atoms with van der Waals surface area (Å²) in [4.78, 5) is 30.2. The lowest BCUT2D eigenvalue weighted by Gasteiger charge is -2.42. The number of hydrogen-bond donors (Lipinski definition) is 1. The Bertz CT molecular complexity index is 1650. The van der Waals surface area contributed by atoms with Crippen LogP contribution in [0.3, 0.4) is 0 Å². The third kappa shape index (κ3) is 5.28. The molecule has 0 aliphatic heterocycles. The van der Waals surface area contributed by atoms with E-state index < -0.39 is 11.5 Å². The van der Waals surface area contributed by atoms with E-state index in [-0.39, 0.29) is 5.56 Å². The number of rotatable bonds is 7. The van der Waals surface area contributed by atoms with E-state index in [1.54, 1.807) is 7.11 Å². The number of carbonyl (C=O) groups is 1. The summed E-state index contributed by atoms with van der Waals surface area (Å²) in [5.74, 6) is 0.907. The number of aromatic nitrogens is 3. The van der Waals surface area contributed by atoms with E-state index >= 15 is 0 Å². The third-order valence-corrected chi connectivity index (χ3v) is 8.06. The molecule has 1 saturated carbocycles. The van der Waals surface area contributed by atoms with Crippen LogP contribution in [-0.4, -0.2) is 27.8 Å². The lowest BCUT2D eigenvalue weighted by atomic mass is 9.63. The summed E-state index contributed by atoms with van der Waals surface area (Å²) in [5.41, 5.74) is 7.78. The fourth-order valence-corrected chi connectivity index (χ4v) is 6.05. The number of ether oxygens (including phenoxy) is 1. The van der Waals surface area contributed by atoms with E-state index in [4.69, 9.17) is 9.72 Å². The lowest BCUT2D eigenvalue weighted by Crippen LogP contribution is -2.32. The molecule has 1 fully saturated rings. The summed E-state index contributed by atoms with van der Waals surface area (Å²) >= 11 is 0. The Balaban J connectivity index is 1.44. The zero-order valence-corrected chi connectivity index (χ0v) is 24.0. The van der Waals surface area contributed by atoms with Gasteiger partial charge >= 0.3 is 0 Å². The maximum Gasteiger partial charge on any atom is 0.279 e. The van der Waals surface area contributed by atoms with E-state index in [1.165, 1.54) is 32.2 Å². The molecule has 5 rings (SSSR count). The molecule has 0 atom stereocenters. The van der Waals surface area contributed by atoms with Gasteiger partial charge in [-0.2, -0.15) is 5.10 Å². The van der Waals surface area contributed by atoms with E-state index in [0.29, 0.717) is 22.9 Å². The van der Waals surface area contributed by atoms with Crippen LogP contribution < -0.4 is 15.6 Å². The van der Waals surface area contributed by atoms with Gasteiger partial charge in [0.15, 0.2) is 0 Å². The minimum Gasteiger partial charge on any atom is -0.481 e. The largest absolute Gasteiger partial charge is 0.481 e. The number of pyridine rings is 1. The second-order valence-corrected chi connectivity index (χ2v) is 11.6. The average Bonchev–Trinajstić information content (AvgIpc) is 2.91. The number of hydrogen-bond acceptors (Lipinski definition) is 5. The number of aryl methyl sites for hydroxylation is 1. The number of anilines is 1. The highest BCUT2D eigenvalue weighted by Crippen LogP contribution is 2.47. The van der Waals surface area contributed by atoms with E-state index in [1.807, 2.05) is 31.2 Å². The fraction of sp³-hybridized carbons (Fsp3) is 0.333. The molecule has 7 nitrogen and oxygen atoms in total. The Labute approximate surface area is 235 Å². The summed E-state index contributed by atoms with van der Waals surface area (Å²) in [6.45, 7) is 8.72. The first kappa shape index (κ1) is 27.3. The van der Waals surface area contributed by atoms with Gasteiger partial charge < -0.3 is 10.1 Å². The van der Waals surface area contributed by atoms with Gasteiger partial charge in [0.2, 0.25) is 5.88 Å². The summed E-state index contributed by atoms with van der Waals surface area (Å²) in [5, 5.41) is 6.81. The molecule has 7 heteroatoms. The van der Waals surface area contributed by atoms with Crippen molar-refractivity contribution < 1.29 is 9.53 Å². The van der Waals surface area contributed by atoms with Crippen LogP contribution in [-0.2, 0) is 13.5 Å². The standard InChI is InChI=1S/C33H36N4O3/c1-20-24(25-10-8-12-28(21(25)2)35-30(38)27-15-16-34-37(5)32(27)39)9-7-11-26(20)29-14-13-23(31(36-29)40-6)17-22-18-33(3,4)19-22/h7-16,22H,17-19H2,1-6H3,(H,35,38). The van der Waals surface area contributed by atoms with Crippen molar-refractivity contribution in [3.63, 3.8) is 0 Å². The summed E-state index contributed by atoms with van der Waals surface area (Å²) in [6, 6.07) is 17.7. The molecule has 40 heavy (non-hydrogen) atoms. The molecule has 1 amide bonds.